The zero-order chi connectivity index (χ0) is 39.7. The van der Waals surface area contributed by atoms with E-state index in [-0.39, 0.29) is 5.69 Å². The first-order valence-corrected chi connectivity index (χ1v) is 18.5. The lowest BCUT2D eigenvalue weighted by Crippen LogP contribution is -2.42. The summed E-state index contributed by atoms with van der Waals surface area (Å²) in [6.45, 7) is 0. The molecule has 0 bridgehead atoms. The highest BCUT2D eigenvalue weighted by molar-refractivity contribution is 7.86. The Kier molecular flexibility index (Phi) is 9.12. The number of carbonyl (C=O) groups excluding carboxylic acids is 2. The molecule has 0 radical (unpaired) electrons. The number of aromatic nitrogens is 5. The van der Waals surface area contributed by atoms with Crippen LogP contribution < -0.4 is 16.1 Å². The van der Waals surface area contributed by atoms with Gasteiger partial charge in [0.25, 0.3) is 42.2 Å². The van der Waals surface area contributed by atoms with Crippen molar-refractivity contribution in [3.05, 3.63) is 65.1 Å². The van der Waals surface area contributed by atoms with Gasteiger partial charge in [0.15, 0.2) is 11.5 Å². The summed E-state index contributed by atoms with van der Waals surface area (Å²) in [5, 5.41) is 22.8. The summed E-state index contributed by atoms with van der Waals surface area (Å²) < 4.78 is 133. The fraction of sp³-hybridized carbons (Fsp3) is 0. The molecule has 280 valence electrons. The molecule has 0 fully saturated rings. The van der Waals surface area contributed by atoms with Crippen LogP contribution in [-0.2, 0) is 44.7 Å². The van der Waals surface area contributed by atoms with Crippen molar-refractivity contribution in [1.82, 2.24) is 30.3 Å². The third-order valence-electron chi connectivity index (χ3n) is 7.09. The molecule has 3 heterocycles. The number of carboxylic acids is 1. The number of hydrogen-bond acceptors (Lipinski definition) is 16. The van der Waals surface area contributed by atoms with E-state index in [4.69, 9.17) is 11.6 Å². The maximum absolute atomic E-state index is 14.0. The Balaban J connectivity index is 1.54. The predicted octanol–water partition coefficient (Wildman–Crippen LogP) is 1.21. The highest BCUT2D eigenvalue weighted by Gasteiger charge is 2.31. The van der Waals surface area contributed by atoms with E-state index in [1.165, 1.54) is 0 Å². The van der Waals surface area contributed by atoms with E-state index in [1.54, 1.807) is 5.32 Å². The lowest BCUT2D eigenvalue weighted by molar-refractivity contribution is -0.133. The van der Waals surface area contributed by atoms with E-state index in [1.807, 2.05) is 0 Å². The molecule has 6 rings (SSSR count). The molecular weight excluding hydrogens is 816 g/mol. The predicted molar refractivity (Wildman–Crippen MR) is 176 cm³/mol. The Morgan fingerprint density at radius 1 is 0.889 bits per heavy atom. The summed E-state index contributed by atoms with van der Waals surface area (Å²) in [6, 6.07) is 4.88. The molecule has 0 saturated heterocycles. The molecule has 22 nitrogen and oxygen atoms in total. The smallest absolute Gasteiger partial charge is 0.338 e. The van der Waals surface area contributed by atoms with Crippen molar-refractivity contribution >= 4 is 104 Å². The number of carbonyl (C=O) groups is 3. The number of amides is 2. The number of hydrogen-bond donors (Lipinski definition) is 7. The maximum Gasteiger partial charge on any atom is 0.338 e. The number of benzene rings is 3. The van der Waals surface area contributed by atoms with Gasteiger partial charge in [0.05, 0.1) is 16.9 Å². The standard InChI is InChI=1S/C26H14ClF2N9O13S3/c27-19-22(28)32-26(29)33-23(19)30-8-3-10-14(52(43,44)45)7-13-21(18(10)16(4-8)54(49,50)51)37-38(36-13)9-1-2-12(15(5-9)53(46,47)48)34-35-20-11(25(41)42)6-17(39)31-24(20)40/h1-7,34H,(H,41,42)(H,30,32,33)(H,31,39,40)(H,43,44,45)(H,46,47,48)(H,49,50,51)/b35-20-. The van der Waals surface area contributed by atoms with Gasteiger partial charge >= 0.3 is 12.0 Å². The first kappa shape index (κ1) is 37.7. The minimum absolute atomic E-state index is 0.347. The summed E-state index contributed by atoms with van der Waals surface area (Å²) in [4.78, 5) is 38.8. The maximum atomic E-state index is 14.0. The molecule has 0 spiro atoms. The molecule has 7 N–H and O–H groups in total. The van der Waals surface area contributed by atoms with Crippen molar-refractivity contribution in [2.45, 2.75) is 14.7 Å². The second-order valence-electron chi connectivity index (χ2n) is 10.6. The fourth-order valence-corrected chi connectivity index (χ4v) is 7.16. The van der Waals surface area contributed by atoms with Crippen molar-refractivity contribution in [2.75, 3.05) is 10.7 Å². The first-order valence-electron chi connectivity index (χ1n) is 13.8. The molecular formula is C26H14ClF2N9O13S3. The topological polar surface area (TPSA) is 339 Å². The summed E-state index contributed by atoms with van der Waals surface area (Å²) in [7, 11) is -15.9. The van der Waals surface area contributed by atoms with Gasteiger partial charge in [-0.05, 0) is 36.4 Å². The fourth-order valence-electron chi connectivity index (χ4n) is 4.93. The Labute approximate surface area is 302 Å². The van der Waals surface area contributed by atoms with Gasteiger partial charge in [0.1, 0.15) is 30.7 Å². The van der Waals surface area contributed by atoms with Crippen molar-refractivity contribution in [3.63, 3.8) is 0 Å². The van der Waals surface area contributed by atoms with Gasteiger partial charge in [-0.15, -0.1) is 10.2 Å². The second-order valence-corrected chi connectivity index (χ2v) is 15.1. The van der Waals surface area contributed by atoms with E-state index < -0.39 is 130 Å². The monoisotopic (exact) mass is 829 g/mol. The van der Waals surface area contributed by atoms with Gasteiger partial charge < -0.3 is 10.4 Å². The minimum Gasteiger partial charge on any atom is -0.478 e. The molecule has 0 aliphatic carbocycles. The minimum atomic E-state index is -5.37. The van der Waals surface area contributed by atoms with Crippen LogP contribution in [-0.4, -0.2) is 92.5 Å². The number of fused-ring (bicyclic) bond motifs is 3. The van der Waals surface area contributed by atoms with Crippen molar-refractivity contribution in [3.8, 4) is 5.69 Å². The van der Waals surface area contributed by atoms with E-state index >= 15 is 0 Å². The van der Waals surface area contributed by atoms with E-state index in [0.29, 0.717) is 29.1 Å². The quantitative estimate of drug-likeness (QED) is 0.0361. The van der Waals surface area contributed by atoms with Crippen LogP contribution in [0.3, 0.4) is 0 Å². The van der Waals surface area contributed by atoms with Crippen LogP contribution in [0.15, 0.2) is 67.8 Å². The van der Waals surface area contributed by atoms with E-state index in [0.717, 1.165) is 18.2 Å². The first-order chi connectivity index (χ1) is 25.0. The van der Waals surface area contributed by atoms with Crippen molar-refractivity contribution in [1.29, 1.82) is 0 Å². The zero-order valence-corrected chi connectivity index (χ0v) is 28.8. The van der Waals surface area contributed by atoms with Gasteiger partial charge in [-0.3, -0.25) is 34.0 Å². The van der Waals surface area contributed by atoms with Crippen LogP contribution in [0.4, 0.5) is 26.0 Å². The average molecular weight is 830 g/mol. The molecule has 28 heteroatoms. The highest BCUT2D eigenvalue weighted by atomic mass is 35.5. The average Bonchev–Trinajstić information content (AvgIpc) is 3.48. The normalized spacial score (nSPS) is 14.7. The molecule has 54 heavy (non-hydrogen) atoms. The van der Waals surface area contributed by atoms with Crippen LogP contribution in [0.5, 0.6) is 0 Å². The van der Waals surface area contributed by atoms with Crippen LogP contribution in [0.2, 0.25) is 5.02 Å². The summed E-state index contributed by atoms with van der Waals surface area (Å²) in [5.74, 6) is -6.38. The molecule has 0 saturated carbocycles. The summed E-state index contributed by atoms with van der Waals surface area (Å²) in [5.41, 5.74) is -2.03. The number of carboxylic acid groups (broad SMARTS) is 1. The number of imide groups is 1. The number of halogens is 3. The van der Waals surface area contributed by atoms with E-state index in [9.17, 15) is 67.2 Å². The molecule has 5 aromatic rings. The Morgan fingerprint density at radius 2 is 1.56 bits per heavy atom. The van der Waals surface area contributed by atoms with Crippen molar-refractivity contribution in [2.24, 2.45) is 5.10 Å². The van der Waals surface area contributed by atoms with Gasteiger partial charge in [0.2, 0.25) is 5.95 Å². The third kappa shape index (κ3) is 7.13. The Bertz CT molecular complexity index is 2960. The van der Waals surface area contributed by atoms with Crippen molar-refractivity contribution < 1.29 is 67.2 Å². The molecule has 0 unspecified atom stereocenters. The number of hydrazone groups is 1. The molecule has 2 amide bonds. The Morgan fingerprint density at radius 3 is 2.19 bits per heavy atom. The lowest BCUT2D eigenvalue weighted by Gasteiger charge is -2.13. The molecule has 0 atom stereocenters. The Hall–Kier alpha value is -6.10. The molecule has 1 aliphatic heterocycles. The number of nitrogens with one attached hydrogen (secondary N) is 3. The molecule has 3 aromatic carbocycles. The lowest BCUT2D eigenvalue weighted by atomic mass is 10.1. The van der Waals surface area contributed by atoms with Crippen LogP contribution in [0.1, 0.15) is 0 Å². The SMILES string of the molecule is O=C1C=C(C(=O)O)/C(=N/Nc2ccc(-n3nc4cc(S(=O)(=O)O)c5cc(Nc6nc(F)nc(F)c6Cl)cc(S(=O)(=O)O)c5c4n3)cc2S(=O)(=O)O)C(=O)N1. The van der Waals surface area contributed by atoms with Crippen LogP contribution in [0.25, 0.3) is 27.5 Å². The second kappa shape index (κ2) is 13.1. The van der Waals surface area contributed by atoms with E-state index in [2.05, 4.69) is 36.0 Å². The number of aliphatic carboxylic acids is 1. The highest BCUT2D eigenvalue weighted by Crippen LogP contribution is 2.38. The van der Waals surface area contributed by atoms with Gasteiger partial charge in [-0.25, -0.2) is 4.79 Å². The molecule has 2 aromatic heterocycles. The van der Waals surface area contributed by atoms with Crippen LogP contribution >= 0.6 is 11.6 Å². The largest absolute Gasteiger partial charge is 0.478 e. The zero-order valence-electron chi connectivity index (χ0n) is 25.5. The number of nitrogens with zero attached hydrogens (tertiary/aromatic N) is 6. The van der Waals surface area contributed by atoms with Crippen LogP contribution in [0, 0.1) is 12.0 Å². The number of anilines is 3. The van der Waals surface area contributed by atoms with Gasteiger partial charge in [-0.1, -0.05) is 11.6 Å². The number of rotatable bonds is 9. The summed E-state index contributed by atoms with van der Waals surface area (Å²) >= 11 is 5.77. The van der Waals surface area contributed by atoms with Gasteiger partial charge in [-0.2, -0.15) is 53.9 Å². The third-order valence-corrected chi connectivity index (χ3v) is 10.1. The summed E-state index contributed by atoms with van der Waals surface area (Å²) in [6.07, 6.45) is -1.08. The van der Waals surface area contributed by atoms with Gasteiger partial charge in [0, 0.05) is 22.5 Å². The molecule has 1 aliphatic rings.